The van der Waals surface area contributed by atoms with Crippen LogP contribution in [0.15, 0.2) is 18.2 Å². The number of hydrogen-bond donors (Lipinski definition) is 0. The van der Waals surface area contributed by atoms with E-state index in [1.54, 1.807) is 0 Å². The van der Waals surface area contributed by atoms with Gasteiger partial charge in [0.1, 0.15) is 0 Å². The summed E-state index contributed by atoms with van der Waals surface area (Å²) >= 11 is 0. The van der Waals surface area contributed by atoms with Crippen LogP contribution in [-0.4, -0.2) is 0 Å². The van der Waals surface area contributed by atoms with Gasteiger partial charge in [0.15, 0.2) is 0 Å². The summed E-state index contributed by atoms with van der Waals surface area (Å²) in [5, 5.41) is 0. The Labute approximate surface area is 69.2 Å². The lowest BCUT2D eigenvalue weighted by atomic mass is 10.1. The van der Waals surface area contributed by atoms with Crippen molar-refractivity contribution in [2.75, 3.05) is 0 Å². The second kappa shape index (κ2) is 2.22. The molecule has 0 aliphatic carbocycles. The molecule has 0 N–H and O–H groups in total. The Hall–Kier alpha value is -0.780. The van der Waals surface area contributed by atoms with Crippen molar-refractivity contribution in [2.24, 2.45) is 0 Å². The number of hydrogen-bond acceptors (Lipinski definition) is 0. The van der Waals surface area contributed by atoms with Gasteiger partial charge in [-0.2, -0.15) is 0 Å². The van der Waals surface area contributed by atoms with E-state index in [-0.39, 0.29) is 11.1 Å². The van der Waals surface area contributed by atoms with Crippen LogP contribution in [0.3, 0.4) is 0 Å². The Balaban J connectivity index is 3.50. The lowest BCUT2D eigenvalue weighted by Gasteiger charge is -1.98. The first-order valence-electron chi connectivity index (χ1n) is 6.99. The molecule has 0 radical (unpaired) electrons. The summed E-state index contributed by atoms with van der Waals surface area (Å²) in [6, 6.07) is 3.11. The highest BCUT2D eigenvalue weighted by Gasteiger charge is 1.89. The Kier molecular flexibility index (Phi) is 0.356. The average molecular weight is 129 g/mol. The molecule has 0 bridgehead atoms. The molecule has 1 aromatic carbocycles. The molecule has 0 nitrogen and oxygen atoms in total. The lowest BCUT2D eigenvalue weighted by molar-refractivity contribution is 1.30. The second-order valence-electron chi connectivity index (χ2n) is 1.76. The van der Waals surface area contributed by atoms with Gasteiger partial charge in [0.2, 0.25) is 0 Å². The van der Waals surface area contributed by atoms with E-state index in [0.29, 0.717) is 0 Å². The molecule has 0 fully saturated rings. The highest BCUT2D eigenvalue weighted by atomic mass is 13.9. The zero-order chi connectivity index (χ0) is 14.4. The third-order valence-electron chi connectivity index (χ3n) is 1.02. The molecule has 0 amide bonds. The molecule has 0 aromatic heterocycles. The molecule has 0 aliphatic rings. The van der Waals surface area contributed by atoms with E-state index in [1.807, 2.05) is 0 Å². The van der Waals surface area contributed by atoms with Gasteiger partial charge in [0, 0.05) is 12.3 Å². The van der Waals surface area contributed by atoms with E-state index >= 15 is 0 Å². The first-order chi connectivity index (χ1) is 7.83. The van der Waals surface area contributed by atoms with Crippen LogP contribution in [0.1, 0.15) is 29.0 Å². The fourth-order valence-corrected chi connectivity index (χ4v) is 0.544. The molecule has 48 valence electrons. The minimum atomic E-state index is -2.66. The van der Waals surface area contributed by atoms with Crippen molar-refractivity contribution in [1.29, 1.82) is 0 Å². The van der Waals surface area contributed by atoms with Crippen LogP contribution in [0.2, 0.25) is 0 Å². The minimum Gasteiger partial charge on any atom is -0.0590 e. The van der Waals surface area contributed by atoms with Crippen LogP contribution >= 0.6 is 0 Å². The van der Waals surface area contributed by atoms with Gasteiger partial charge in [0.05, 0.1) is 0 Å². The molecular formula is C9H12. The third kappa shape index (κ3) is 1.32. The second-order valence-corrected chi connectivity index (χ2v) is 1.76. The van der Waals surface area contributed by atoms with Crippen LogP contribution in [0.25, 0.3) is 0 Å². The van der Waals surface area contributed by atoms with Crippen molar-refractivity contribution in [3.63, 3.8) is 0 Å². The Morgan fingerprint density at radius 1 is 1.11 bits per heavy atom. The fraction of sp³-hybridized carbons (Fsp3) is 0.333. The SMILES string of the molecule is [2H]C([2H])([2H])c1ccc(C([2H])([2H])[2H])c(C([2H])([2H])[2H])c1. The smallest absolute Gasteiger partial charge is 0.0280 e. The molecular weight excluding hydrogens is 108 g/mol. The average Bonchev–Trinajstić information content (AvgIpc) is 2.12. The predicted octanol–water partition coefficient (Wildman–Crippen LogP) is 2.61. The minimum absolute atomic E-state index is 0.179. The molecule has 0 spiro atoms. The van der Waals surface area contributed by atoms with Gasteiger partial charge in [0.25, 0.3) is 0 Å². The summed E-state index contributed by atoms with van der Waals surface area (Å²) in [5.41, 5.74) is -0.951. The number of aryl methyl sites for hydroxylation is 3. The molecule has 0 saturated carbocycles. The molecule has 0 atom stereocenters. The summed E-state index contributed by atoms with van der Waals surface area (Å²) < 4.78 is 65.3. The van der Waals surface area contributed by atoms with Crippen molar-refractivity contribution in [2.45, 2.75) is 20.6 Å². The van der Waals surface area contributed by atoms with Crippen LogP contribution in [0.4, 0.5) is 0 Å². The van der Waals surface area contributed by atoms with Crippen molar-refractivity contribution in [1.82, 2.24) is 0 Å². The van der Waals surface area contributed by atoms with Crippen molar-refractivity contribution in [3.8, 4) is 0 Å². The van der Waals surface area contributed by atoms with Gasteiger partial charge in [-0.25, -0.2) is 0 Å². The van der Waals surface area contributed by atoms with Crippen LogP contribution in [-0.2, 0) is 0 Å². The zero-order valence-corrected chi connectivity index (χ0v) is 4.73. The van der Waals surface area contributed by atoms with E-state index in [9.17, 15) is 0 Å². The van der Waals surface area contributed by atoms with Gasteiger partial charge in [-0.05, 0) is 31.7 Å². The van der Waals surface area contributed by atoms with Crippen molar-refractivity contribution >= 4 is 0 Å². The van der Waals surface area contributed by atoms with E-state index in [2.05, 4.69) is 0 Å². The summed E-state index contributed by atoms with van der Waals surface area (Å²) in [6.07, 6.45) is 0. The van der Waals surface area contributed by atoms with Crippen LogP contribution in [0.5, 0.6) is 0 Å². The fourth-order valence-electron chi connectivity index (χ4n) is 0.544. The molecule has 0 unspecified atom stereocenters. The van der Waals surface area contributed by atoms with E-state index < -0.39 is 26.1 Å². The summed E-state index contributed by atoms with van der Waals surface area (Å²) in [7, 11) is 0. The molecule has 0 saturated heterocycles. The Morgan fingerprint density at radius 3 is 2.67 bits per heavy atom. The largest absolute Gasteiger partial charge is 0.0590 e. The Bertz CT molecular complexity index is 435. The molecule has 0 heterocycles. The monoisotopic (exact) mass is 129 g/mol. The highest BCUT2D eigenvalue weighted by molar-refractivity contribution is 5.28. The maximum Gasteiger partial charge on any atom is 0.0280 e. The summed E-state index contributed by atoms with van der Waals surface area (Å²) in [6.45, 7) is -7.71. The maximum absolute atomic E-state index is 7.29. The zero-order valence-electron chi connectivity index (χ0n) is 13.7. The maximum atomic E-state index is 7.29. The first-order valence-corrected chi connectivity index (χ1v) is 2.49. The van der Waals surface area contributed by atoms with E-state index in [0.717, 1.165) is 18.2 Å². The Morgan fingerprint density at radius 2 is 2.00 bits per heavy atom. The number of rotatable bonds is 0. The molecule has 1 rings (SSSR count). The van der Waals surface area contributed by atoms with Crippen molar-refractivity contribution in [3.05, 3.63) is 34.9 Å². The predicted molar refractivity (Wildman–Crippen MR) is 40.7 cm³/mol. The molecule has 1 aromatic rings. The number of benzene rings is 1. The third-order valence-corrected chi connectivity index (χ3v) is 1.02. The van der Waals surface area contributed by atoms with Gasteiger partial charge in [-0.1, -0.05) is 23.8 Å². The van der Waals surface area contributed by atoms with E-state index in [1.165, 1.54) is 0 Å². The standard InChI is InChI=1S/C9H12/c1-7-4-5-8(2)9(3)6-7/h4-6H,1-3H3/i1D3,2D3,3D3. The van der Waals surface area contributed by atoms with Gasteiger partial charge < -0.3 is 0 Å². The van der Waals surface area contributed by atoms with E-state index in [4.69, 9.17) is 12.3 Å². The van der Waals surface area contributed by atoms with Gasteiger partial charge in [-0.15, -0.1) is 0 Å². The molecule has 9 heavy (non-hydrogen) atoms. The van der Waals surface area contributed by atoms with Crippen LogP contribution < -0.4 is 0 Å². The summed E-state index contributed by atoms with van der Waals surface area (Å²) in [5.74, 6) is 0. The normalized spacial score (nSPS) is 28.7. The lowest BCUT2D eigenvalue weighted by Crippen LogP contribution is -1.79. The quantitative estimate of drug-likeness (QED) is 0.505. The van der Waals surface area contributed by atoms with Crippen molar-refractivity contribution < 1.29 is 12.3 Å². The molecule has 0 heteroatoms. The van der Waals surface area contributed by atoms with Gasteiger partial charge >= 0.3 is 0 Å². The topological polar surface area (TPSA) is 0 Å². The summed E-state index contributed by atoms with van der Waals surface area (Å²) in [4.78, 5) is 0. The highest BCUT2D eigenvalue weighted by Crippen LogP contribution is 2.07. The van der Waals surface area contributed by atoms with Crippen LogP contribution in [0, 0.1) is 20.6 Å². The first kappa shape index (κ1) is 1.45. The van der Waals surface area contributed by atoms with Gasteiger partial charge in [-0.3, -0.25) is 0 Å². The molecule has 0 aliphatic heterocycles.